The summed E-state index contributed by atoms with van der Waals surface area (Å²) in [6.07, 6.45) is 3.54. The van der Waals surface area contributed by atoms with Crippen LogP contribution in [0, 0.1) is 5.92 Å². The number of fused-ring (bicyclic) bond motifs is 1. The highest BCUT2D eigenvalue weighted by Crippen LogP contribution is 2.38. The van der Waals surface area contributed by atoms with Gasteiger partial charge in [0, 0.05) is 36.8 Å². The highest BCUT2D eigenvalue weighted by atomic mass is 32.2. The van der Waals surface area contributed by atoms with E-state index in [9.17, 15) is 18.0 Å². The number of sulfonamides is 1. The number of hydrogen-bond donors (Lipinski definition) is 1. The Morgan fingerprint density at radius 1 is 1.18 bits per heavy atom. The zero-order valence-corrected chi connectivity index (χ0v) is 20.6. The first-order valence-electron chi connectivity index (χ1n) is 11.5. The van der Waals surface area contributed by atoms with Crippen LogP contribution in [0.25, 0.3) is 0 Å². The molecule has 2 aromatic rings. The maximum Gasteiger partial charge on any atom is 0.243 e. The number of rotatable bonds is 8. The highest BCUT2D eigenvalue weighted by Gasteiger charge is 2.37. The van der Waals surface area contributed by atoms with Crippen LogP contribution in [-0.2, 0) is 32.6 Å². The summed E-state index contributed by atoms with van der Waals surface area (Å²) in [6.45, 7) is 1.92. The molecule has 1 atom stereocenters. The molecule has 1 heterocycles. The first-order chi connectivity index (χ1) is 16.2. The molecule has 0 saturated heterocycles. The van der Waals surface area contributed by atoms with Crippen LogP contribution >= 0.6 is 0 Å². The predicted octanol–water partition coefficient (Wildman–Crippen LogP) is 2.71. The lowest BCUT2D eigenvalue weighted by Gasteiger charge is -2.32. The monoisotopic (exact) mass is 485 g/mol. The number of hydrogen-bond acceptors (Lipinski definition) is 5. The molecule has 34 heavy (non-hydrogen) atoms. The molecule has 1 fully saturated rings. The summed E-state index contributed by atoms with van der Waals surface area (Å²) in [6, 6.07) is 12.2. The standard InChI is InChI=1S/C25H31N3O5S/c1-17-13-20-14-21(11-12-22(20)28(17)25(30)18-8-6-9-18)34(31,32)27(2)16-24(29)26-15-19-7-4-5-10-23(19)33-3/h4-5,7,10-12,14,17-18H,6,8-9,13,15-16H2,1-3H3,(H,26,29)/t17-/m0/s1. The smallest absolute Gasteiger partial charge is 0.243 e. The second kappa shape index (κ2) is 9.76. The van der Waals surface area contributed by atoms with Crippen molar-refractivity contribution >= 4 is 27.5 Å². The van der Waals surface area contributed by atoms with Crippen LogP contribution in [0.1, 0.15) is 37.3 Å². The Labute approximate surface area is 200 Å². The van der Waals surface area contributed by atoms with Gasteiger partial charge in [-0.2, -0.15) is 4.31 Å². The molecule has 1 aliphatic carbocycles. The Morgan fingerprint density at radius 2 is 1.91 bits per heavy atom. The van der Waals surface area contributed by atoms with Gasteiger partial charge in [0.2, 0.25) is 21.8 Å². The van der Waals surface area contributed by atoms with Crippen LogP contribution < -0.4 is 15.0 Å². The Balaban J connectivity index is 1.43. The average molecular weight is 486 g/mol. The molecular formula is C25H31N3O5S. The van der Waals surface area contributed by atoms with E-state index >= 15 is 0 Å². The van der Waals surface area contributed by atoms with E-state index in [4.69, 9.17) is 4.74 Å². The molecule has 2 amide bonds. The van der Waals surface area contributed by atoms with Crippen LogP contribution in [-0.4, -0.2) is 51.3 Å². The van der Waals surface area contributed by atoms with Gasteiger partial charge in [-0.1, -0.05) is 24.6 Å². The third-order valence-corrected chi connectivity index (χ3v) is 8.50. The minimum Gasteiger partial charge on any atom is -0.496 e. The zero-order chi connectivity index (χ0) is 24.5. The second-order valence-electron chi connectivity index (χ2n) is 9.03. The lowest BCUT2D eigenvalue weighted by molar-refractivity contribution is -0.125. The van der Waals surface area contributed by atoms with Gasteiger partial charge in [0.15, 0.2) is 0 Å². The summed E-state index contributed by atoms with van der Waals surface area (Å²) in [5.74, 6) is 0.458. The SMILES string of the molecule is COc1ccccc1CNC(=O)CN(C)S(=O)(=O)c1ccc2c(c1)C[C@H](C)N2C(=O)C1CCC1. The maximum atomic E-state index is 13.1. The first kappa shape index (κ1) is 24.2. The number of ether oxygens (including phenoxy) is 1. The lowest BCUT2D eigenvalue weighted by atomic mass is 9.84. The van der Waals surface area contributed by atoms with Gasteiger partial charge in [-0.05, 0) is 56.0 Å². The minimum absolute atomic E-state index is 0.000426. The van der Waals surface area contributed by atoms with Crippen molar-refractivity contribution in [1.82, 2.24) is 9.62 Å². The molecule has 0 bridgehead atoms. The topological polar surface area (TPSA) is 96.0 Å². The fourth-order valence-corrected chi connectivity index (χ4v) is 5.70. The molecule has 1 aliphatic heterocycles. The summed E-state index contributed by atoms with van der Waals surface area (Å²) in [4.78, 5) is 27.3. The number of benzene rings is 2. The van der Waals surface area contributed by atoms with Gasteiger partial charge in [-0.25, -0.2) is 8.42 Å². The normalized spacial score (nSPS) is 17.9. The summed E-state index contributed by atoms with van der Waals surface area (Å²) in [5.41, 5.74) is 2.44. The first-order valence-corrected chi connectivity index (χ1v) is 13.0. The van der Waals surface area contributed by atoms with E-state index < -0.39 is 15.9 Å². The van der Waals surface area contributed by atoms with Gasteiger partial charge in [0.25, 0.3) is 0 Å². The van der Waals surface area contributed by atoms with Crippen LogP contribution in [0.4, 0.5) is 5.69 Å². The van der Waals surface area contributed by atoms with Crippen molar-refractivity contribution in [3.8, 4) is 5.75 Å². The number of carbonyl (C=O) groups excluding carboxylic acids is 2. The van der Waals surface area contributed by atoms with Gasteiger partial charge in [-0.15, -0.1) is 0 Å². The number of anilines is 1. The summed E-state index contributed by atoms with van der Waals surface area (Å²) < 4.78 is 32.6. The number of carbonyl (C=O) groups is 2. The third-order valence-electron chi connectivity index (χ3n) is 6.70. The van der Waals surface area contributed by atoms with Crippen LogP contribution in [0.5, 0.6) is 5.75 Å². The minimum atomic E-state index is -3.87. The molecule has 1 saturated carbocycles. The van der Waals surface area contributed by atoms with E-state index in [2.05, 4.69) is 5.32 Å². The molecule has 2 aliphatic rings. The molecule has 0 radical (unpaired) electrons. The molecule has 182 valence electrons. The molecule has 1 N–H and O–H groups in total. The number of nitrogens with zero attached hydrogens (tertiary/aromatic N) is 2. The van der Waals surface area contributed by atoms with E-state index in [1.807, 2.05) is 30.0 Å². The molecule has 0 unspecified atom stereocenters. The molecule has 8 nitrogen and oxygen atoms in total. The second-order valence-corrected chi connectivity index (χ2v) is 11.1. The van der Waals surface area contributed by atoms with Crippen molar-refractivity contribution in [3.05, 3.63) is 53.6 Å². The molecule has 4 rings (SSSR count). The maximum absolute atomic E-state index is 13.1. The van der Waals surface area contributed by atoms with E-state index in [0.29, 0.717) is 12.2 Å². The number of amides is 2. The van der Waals surface area contributed by atoms with Crippen molar-refractivity contribution in [2.24, 2.45) is 5.92 Å². The predicted molar refractivity (Wildman–Crippen MR) is 129 cm³/mol. The van der Waals surface area contributed by atoms with E-state index in [0.717, 1.165) is 40.4 Å². The molecule has 9 heteroatoms. The van der Waals surface area contributed by atoms with Gasteiger partial charge < -0.3 is 15.0 Å². The number of likely N-dealkylation sites (N-methyl/N-ethyl adjacent to an activating group) is 1. The number of para-hydroxylation sites is 1. The zero-order valence-electron chi connectivity index (χ0n) is 19.8. The van der Waals surface area contributed by atoms with Crippen LogP contribution in [0.3, 0.4) is 0 Å². The van der Waals surface area contributed by atoms with Crippen molar-refractivity contribution in [3.63, 3.8) is 0 Å². The molecule has 2 aromatic carbocycles. The lowest BCUT2D eigenvalue weighted by Crippen LogP contribution is -2.42. The average Bonchev–Trinajstić information content (AvgIpc) is 3.11. The summed E-state index contributed by atoms with van der Waals surface area (Å²) in [7, 11) is -0.927. The molecule has 0 spiro atoms. The fraction of sp³-hybridized carbons (Fsp3) is 0.440. The van der Waals surface area contributed by atoms with Crippen molar-refractivity contribution in [2.75, 3.05) is 25.6 Å². The molecule has 0 aromatic heterocycles. The van der Waals surface area contributed by atoms with Crippen LogP contribution in [0.2, 0.25) is 0 Å². The summed E-state index contributed by atoms with van der Waals surface area (Å²) >= 11 is 0. The van der Waals surface area contributed by atoms with E-state index in [1.165, 1.54) is 13.1 Å². The van der Waals surface area contributed by atoms with Crippen molar-refractivity contribution in [2.45, 2.75) is 50.1 Å². The van der Waals surface area contributed by atoms with E-state index in [1.54, 1.807) is 25.3 Å². The Bertz CT molecular complexity index is 1190. The van der Waals surface area contributed by atoms with E-state index in [-0.39, 0.29) is 35.9 Å². The Morgan fingerprint density at radius 3 is 2.59 bits per heavy atom. The van der Waals surface area contributed by atoms with Crippen molar-refractivity contribution < 1.29 is 22.7 Å². The van der Waals surface area contributed by atoms with Gasteiger partial charge in [-0.3, -0.25) is 9.59 Å². The Kier molecular flexibility index (Phi) is 6.95. The Hall–Kier alpha value is -2.91. The number of methoxy groups -OCH3 is 1. The fourth-order valence-electron chi connectivity index (χ4n) is 4.52. The van der Waals surface area contributed by atoms with Gasteiger partial charge >= 0.3 is 0 Å². The van der Waals surface area contributed by atoms with Gasteiger partial charge in [0.05, 0.1) is 18.6 Å². The van der Waals surface area contributed by atoms with Crippen molar-refractivity contribution in [1.29, 1.82) is 0 Å². The summed E-state index contributed by atoms with van der Waals surface area (Å²) in [5, 5.41) is 2.75. The quantitative estimate of drug-likeness (QED) is 0.620. The molecular weight excluding hydrogens is 454 g/mol. The number of nitrogens with one attached hydrogen (secondary N) is 1. The highest BCUT2D eigenvalue weighted by molar-refractivity contribution is 7.89. The largest absolute Gasteiger partial charge is 0.496 e. The van der Waals surface area contributed by atoms with Gasteiger partial charge in [0.1, 0.15) is 5.75 Å². The third kappa shape index (κ3) is 4.67. The van der Waals surface area contributed by atoms with Crippen LogP contribution in [0.15, 0.2) is 47.4 Å².